The van der Waals surface area contributed by atoms with Crippen LogP contribution in [0, 0.1) is 0 Å². The van der Waals surface area contributed by atoms with Crippen molar-refractivity contribution in [3.8, 4) is 0 Å². The van der Waals surface area contributed by atoms with Crippen LogP contribution in [0.5, 0.6) is 0 Å². The summed E-state index contributed by atoms with van der Waals surface area (Å²) >= 11 is 0. The lowest BCUT2D eigenvalue weighted by Crippen LogP contribution is -2.07. The molecule has 0 aromatic carbocycles. The summed E-state index contributed by atoms with van der Waals surface area (Å²) < 4.78 is 7.79. The Morgan fingerprint density at radius 2 is 1.89 bits per heavy atom. The van der Waals surface area contributed by atoms with E-state index in [9.17, 15) is 14.7 Å². The topological polar surface area (TPSA) is 72.5 Å². The lowest BCUT2D eigenvalue weighted by molar-refractivity contribution is -0.150. The van der Waals surface area contributed by atoms with Crippen molar-refractivity contribution in [2.24, 2.45) is 0 Å². The van der Waals surface area contributed by atoms with Crippen molar-refractivity contribution in [3.63, 3.8) is 0 Å². The van der Waals surface area contributed by atoms with Gasteiger partial charge in [0.05, 0.1) is 0 Å². The average Bonchev–Trinajstić information content (AvgIpc) is 1.63. The zero-order valence-electron chi connectivity index (χ0n) is 4.75. The summed E-state index contributed by atoms with van der Waals surface area (Å²) in [4.78, 5) is 19.4. The fraction of sp³-hybridized carbons (Fsp3) is 0.500. The van der Waals surface area contributed by atoms with Crippen LogP contribution in [0.25, 0.3) is 0 Å². The first-order chi connectivity index (χ1) is 4.13. The Balaban J connectivity index is 3.10. The van der Waals surface area contributed by atoms with Crippen LogP contribution in [0.2, 0.25) is 0 Å². The second-order valence-corrected chi connectivity index (χ2v) is 1.15. The Bertz CT molecular complexity index is 104. The minimum atomic E-state index is -1.71. The zero-order valence-corrected chi connectivity index (χ0v) is 4.75. The van der Waals surface area contributed by atoms with E-state index in [0.717, 1.165) is 6.92 Å². The molecule has 0 rings (SSSR count). The number of carbonyl (C=O) groups is 2. The maximum absolute atomic E-state index is 9.91. The Morgan fingerprint density at radius 3 is 2.22 bits per heavy atom. The van der Waals surface area contributed by atoms with E-state index in [2.05, 4.69) is 9.47 Å². The molecule has 0 aliphatic rings. The van der Waals surface area contributed by atoms with E-state index >= 15 is 0 Å². The van der Waals surface area contributed by atoms with Crippen molar-refractivity contribution in [2.75, 3.05) is 6.79 Å². The molecule has 0 aliphatic carbocycles. The third kappa shape index (κ3) is 6.74. The molecule has 0 fully saturated rings. The van der Waals surface area contributed by atoms with Gasteiger partial charge in [-0.1, -0.05) is 0 Å². The molecule has 0 saturated heterocycles. The largest absolute Gasteiger partial charge is 0.552 e. The maximum atomic E-state index is 9.91. The van der Waals surface area contributed by atoms with Gasteiger partial charge < -0.3 is 9.47 Å². The van der Waals surface area contributed by atoms with Gasteiger partial charge in [0, 0.05) is 6.92 Å². The number of esters is 1. The highest BCUT2D eigenvalue weighted by Crippen LogP contribution is 1.79. The first-order valence-electron chi connectivity index (χ1n) is 2.10. The lowest BCUT2D eigenvalue weighted by Gasteiger charge is -1.96. The molecule has 0 aromatic rings. The Kier molecular flexibility index (Phi) is 3.19. The molecule has 1 radical (unpaired) electrons. The van der Waals surface area contributed by atoms with Gasteiger partial charge in [0.25, 0.3) is 0 Å². The van der Waals surface area contributed by atoms with Crippen LogP contribution < -0.4 is 0 Å². The van der Waals surface area contributed by atoms with Gasteiger partial charge in [-0.15, -0.1) is 0 Å². The van der Waals surface area contributed by atoms with E-state index in [1.165, 1.54) is 0 Å². The van der Waals surface area contributed by atoms with Crippen molar-refractivity contribution in [2.45, 2.75) is 6.92 Å². The van der Waals surface area contributed by atoms with E-state index in [0.29, 0.717) is 0 Å². The summed E-state index contributed by atoms with van der Waals surface area (Å²) in [5.41, 5.74) is 0. The van der Waals surface area contributed by atoms with Crippen molar-refractivity contribution in [1.29, 1.82) is 0 Å². The highest BCUT2D eigenvalue weighted by Gasteiger charge is 1.98. The van der Waals surface area contributed by atoms with E-state index in [-0.39, 0.29) is 0 Å². The highest BCUT2D eigenvalue weighted by molar-refractivity contribution is 5.66. The molecule has 0 aliphatic heterocycles. The van der Waals surface area contributed by atoms with Gasteiger partial charge in [0.2, 0.25) is 6.79 Å². The number of ether oxygens (including phenoxy) is 2. The van der Waals surface area contributed by atoms with E-state index in [1.807, 2.05) is 0 Å². The van der Waals surface area contributed by atoms with Gasteiger partial charge in [0.15, 0.2) is 0 Å². The molecule has 0 bridgehead atoms. The number of hydrogen-bond donors (Lipinski definition) is 0. The Morgan fingerprint density at radius 1 is 1.33 bits per heavy atom. The number of carbonyl (C=O) groups excluding carboxylic acids is 2. The summed E-state index contributed by atoms with van der Waals surface area (Å²) in [5, 5.41) is 9.46. The maximum Gasteiger partial charge on any atom is 0.552 e. The summed E-state index contributed by atoms with van der Waals surface area (Å²) in [7, 11) is 0. The van der Waals surface area contributed by atoms with E-state index < -0.39 is 18.9 Å². The van der Waals surface area contributed by atoms with Crippen LogP contribution in [-0.4, -0.2) is 18.9 Å². The van der Waals surface area contributed by atoms with Crippen molar-refractivity contribution >= 4 is 12.1 Å². The molecule has 0 amide bonds. The van der Waals surface area contributed by atoms with Gasteiger partial charge in [0.1, 0.15) is 0 Å². The molecule has 5 nitrogen and oxygen atoms in total. The van der Waals surface area contributed by atoms with Gasteiger partial charge >= 0.3 is 12.1 Å². The summed E-state index contributed by atoms with van der Waals surface area (Å²) in [6.07, 6.45) is -1.71. The molecule has 0 saturated carbocycles. The minimum absolute atomic E-state index is 0.600. The quantitative estimate of drug-likeness (QED) is 0.394. The Hall–Kier alpha value is -1.26. The third-order valence-corrected chi connectivity index (χ3v) is 0.439. The standard InChI is InChI=1S/C4H5O5/c1-3(5)8-2-9-4(6)7/h2H2,1H3. The normalized spacial score (nSPS) is 8.11. The molecule has 0 spiro atoms. The molecule has 0 N–H and O–H groups in total. The summed E-state index contributed by atoms with van der Waals surface area (Å²) in [6, 6.07) is 0. The fourth-order valence-corrected chi connectivity index (χ4v) is 0.161. The van der Waals surface area contributed by atoms with E-state index in [4.69, 9.17) is 0 Å². The van der Waals surface area contributed by atoms with Crippen molar-refractivity contribution < 1.29 is 24.2 Å². The first kappa shape index (κ1) is 7.74. The molecule has 51 valence electrons. The first-order valence-corrected chi connectivity index (χ1v) is 2.10. The summed E-state index contributed by atoms with van der Waals surface area (Å²) in [6.45, 7) is 0.538. The molecule has 0 aromatic heterocycles. The van der Waals surface area contributed by atoms with Crippen LogP contribution >= 0.6 is 0 Å². The second-order valence-electron chi connectivity index (χ2n) is 1.15. The highest BCUT2D eigenvalue weighted by atomic mass is 16.7. The Labute approximate surface area is 51.2 Å². The molecule has 0 heterocycles. The zero-order chi connectivity index (χ0) is 7.28. The SMILES string of the molecule is CC(=O)OCOC([O])=O. The van der Waals surface area contributed by atoms with Crippen LogP contribution in [0.3, 0.4) is 0 Å². The second kappa shape index (κ2) is 3.71. The number of hydrogen-bond acceptors (Lipinski definition) is 4. The predicted molar refractivity (Wildman–Crippen MR) is 23.8 cm³/mol. The summed E-state index contributed by atoms with van der Waals surface area (Å²) in [5.74, 6) is -0.601. The molecule has 5 heteroatoms. The molecule has 0 atom stereocenters. The van der Waals surface area contributed by atoms with Crippen molar-refractivity contribution in [3.05, 3.63) is 0 Å². The van der Waals surface area contributed by atoms with Gasteiger partial charge in [-0.25, -0.2) is 0 Å². The van der Waals surface area contributed by atoms with E-state index in [1.54, 1.807) is 0 Å². The van der Waals surface area contributed by atoms with Crippen LogP contribution in [0.4, 0.5) is 4.79 Å². The van der Waals surface area contributed by atoms with Crippen LogP contribution in [0.1, 0.15) is 6.92 Å². The number of rotatable bonds is 2. The van der Waals surface area contributed by atoms with Crippen LogP contribution in [-0.2, 0) is 19.4 Å². The molecule has 0 unspecified atom stereocenters. The monoisotopic (exact) mass is 133 g/mol. The minimum Gasteiger partial charge on any atom is -0.428 e. The van der Waals surface area contributed by atoms with Crippen LogP contribution in [0.15, 0.2) is 0 Å². The predicted octanol–water partition coefficient (Wildman–Crippen LogP) is 0.0741. The molecular weight excluding hydrogens is 128 g/mol. The molecule has 9 heavy (non-hydrogen) atoms. The fourth-order valence-electron chi connectivity index (χ4n) is 0.161. The average molecular weight is 133 g/mol. The smallest absolute Gasteiger partial charge is 0.428 e. The van der Waals surface area contributed by atoms with Crippen molar-refractivity contribution in [1.82, 2.24) is 0 Å². The lowest BCUT2D eigenvalue weighted by atomic mass is 10.8. The van der Waals surface area contributed by atoms with Gasteiger partial charge in [-0.05, 0) is 0 Å². The molecular formula is C4H5O5. The third-order valence-electron chi connectivity index (χ3n) is 0.439. The van der Waals surface area contributed by atoms with Gasteiger partial charge in [-0.3, -0.25) is 4.79 Å². The van der Waals surface area contributed by atoms with Gasteiger partial charge in [-0.2, -0.15) is 9.90 Å².